The molecule has 2 heterocycles. The summed E-state index contributed by atoms with van der Waals surface area (Å²) in [5.74, 6) is 0.674. The van der Waals surface area contributed by atoms with Crippen LogP contribution in [0.1, 0.15) is 36.0 Å². The number of benzene rings is 1. The number of rotatable bonds is 5. The second kappa shape index (κ2) is 7.51. The quantitative estimate of drug-likeness (QED) is 0.790. The Morgan fingerprint density at radius 2 is 2.17 bits per heavy atom. The number of amides is 1. The lowest BCUT2D eigenvalue weighted by atomic mass is 9.86. The Bertz CT molecular complexity index is 555. The molecule has 0 saturated carbocycles. The highest BCUT2D eigenvalue weighted by Crippen LogP contribution is 2.36. The van der Waals surface area contributed by atoms with E-state index in [4.69, 9.17) is 15.2 Å². The lowest BCUT2D eigenvalue weighted by molar-refractivity contribution is -0.122. The van der Waals surface area contributed by atoms with Gasteiger partial charge in [0, 0.05) is 25.3 Å². The number of carbonyl (C=O) groups is 1. The second-order valence-electron chi connectivity index (χ2n) is 6.55. The Kier molecular flexibility index (Phi) is 5.38. The lowest BCUT2D eigenvalue weighted by Gasteiger charge is -2.42. The van der Waals surface area contributed by atoms with E-state index < -0.39 is 11.7 Å². The van der Waals surface area contributed by atoms with Crippen LogP contribution in [0.15, 0.2) is 24.3 Å². The van der Waals surface area contributed by atoms with Crippen molar-refractivity contribution in [2.24, 2.45) is 5.73 Å². The average molecular weight is 334 g/mol. The van der Waals surface area contributed by atoms with Crippen LogP contribution in [-0.2, 0) is 4.74 Å². The smallest absolute Gasteiger partial charge is 0.253 e. The minimum atomic E-state index is -0.614. The maximum absolute atomic E-state index is 12.6. The average Bonchev–Trinajstić information content (AvgIpc) is 3.07. The third-order valence-electron chi connectivity index (χ3n) is 4.94. The number of ether oxygens (including phenoxy) is 2. The highest BCUT2D eigenvalue weighted by atomic mass is 16.5. The number of nitrogens with zero attached hydrogens (tertiary/aromatic N) is 1. The van der Waals surface area contributed by atoms with Crippen molar-refractivity contribution >= 4 is 5.91 Å². The fraction of sp³-hybridized carbons (Fsp3) is 0.611. The zero-order valence-corrected chi connectivity index (χ0v) is 13.9. The molecular weight excluding hydrogens is 308 g/mol. The van der Waals surface area contributed by atoms with Gasteiger partial charge in [0.05, 0.1) is 12.2 Å². The summed E-state index contributed by atoms with van der Waals surface area (Å²) in [6, 6.07) is 7.13. The molecule has 6 heteroatoms. The van der Waals surface area contributed by atoms with Crippen molar-refractivity contribution in [1.29, 1.82) is 0 Å². The molecule has 132 valence electrons. The van der Waals surface area contributed by atoms with E-state index in [-0.39, 0.29) is 5.91 Å². The van der Waals surface area contributed by atoms with Gasteiger partial charge in [-0.25, -0.2) is 0 Å². The first-order valence-corrected chi connectivity index (χ1v) is 8.69. The van der Waals surface area contributed by atoms with E-state index in [0.717, 1.165) is 25.0 Å². The molecule has 0 unspecified atom stereocenters. The number of β-amino-alcohol motifs (C(OH)–C–C–N with tert-alkyl or cyclic N) is 1. The molecule has 3 rings (SSSR count). The Labute approximate surface area is 142 Å². The molecule has 1 aromatic rings. The van der Waals surface area contributed by atoms with Crippen LogP contribution in [0.3, 0.4) is 0 Å². The molecule has 2 saturated heterocycles. The molecule has 1 amide bonds. The Morgan fingerprint density at radius 1 is 1.38 bits per heavy atom. The van der Waals surface area contributed by atoms with Gasteiger partial charge in [0.1, 0.15) is 11.9 Å². The molecule has 0 aliphatic carbocycles. The van der Waals surface area contributed by atoms with Crippen LogP contribution >= 0.6 is 0 Å². The number of carbonyl (C=O) groups excluding carboxylic acids is 1. The summed E-state index contributed by atoms with van der Waals surface area (Å²) in [7, 11) is 0. The van der Waals surface area contributed by atoms with Crippen molar-refractivity contribution in [2.75, 3.05) is 32.8 Å². The SMILES string of the molecule is NCCCOc1ccc(C(=O)N2CC[C@@]3(CCCO3)[C@@H](O)C2)cc1. The molecular formula is C18H26N2O4. The fourth-order valence-corrected chi connectivity index (χ4v) is 3.47. The molecule has 2 aliphatic heterocycles. The van der Waals surface area contributed by atoms with Crippen LogP contribution in [0, 0.1) is 0 Å². The lowest BCUT2D eigenvalue weighted by Crippen LogP contribution is -2.56. The van der Waals surface area contributed by atoms with Crippen LogP contribution < -0.4 is 10.5 Å². The molecule has 0 radical (unpaired) electrons. The minimum absolute atomic E-state index is 0.0598. The van der Waals surface area contributed by atoms with Crippen LogP contribution in [0.4, 0.5) is 0 Å². The number of aliphatic hydroxyl groups is 1. The molecule has 2 atom stereocenters. The molecule has 3 N–H and O–H groups in total. The number of nitrogens with two attached hydrogens (primary N) is 1. The summed E-state index contributed by atoms with van der Waals surface area (Å²) in [5.41, 5.74) is 5.61. The molecule has 0 aromatic heterocycles. The van der Waals surface area contributed by atoms with Gasteiger partial charge >= 0.3 is 0 Å². The van der Waals surface area contributed by atoms with Gasteiger partial charge in [-0.3, -0.25) is 4.79 Å². The van der Waals surface area contributed by atoms with Gasteiger partial charge in [0.2, 0.25) is 0 Å². The predicted octanol–water partition coefficient (Wildman–Crippen LogP) is 1.17. The standard InChI is InChI=1S/C18H26N2O4/c19-9-2-11-23-15-5-3-14(4-6-15)17(22)20-10-8-18(16(21)13-20)7-1-12-24-18/h3-6,16,21H,1-2,7-13,19H2/t16-,18-/m0/s1. The maximum atomic E-state index is 12.6. The van der Waals surface area contributed by atoms with Crippen molar-refractivity contribution in [3.05, 3.63) is 29.8 Å². The number of hydrogen-bond donors (Lipinski definition) is 2. The molecule has 2 fully saturated rings. The van der Waals surface area contributed by atoms with Crippen LogP contribution in [0.25, 0.3) is 0 Å². The zero-order chi connectivity index (χ0) is 17.0. The number of piperidine rings is 1. The van der Waals surface area contributed by atoms with Crippen molar-refractivity contribution < 1.29 is 19.4 Å². The summed E-state index contributed by atoms with van der Waals surface area (Å²) in [4.78, 5) is 14.3. The first-order chi connectivity index (χ1) is 11.6. The number of aliphatic hydroxyl groups excluding tert-OH is 1. The van der Waals surface area contributed by atoms with E-state index in [9.17, 15) is 9.90 Å². The van der Waals surface area contributed by atoms with Gasteiger partial charge in [0.25, 0.3) is 5.91 Å². The van der Waals surface area contributed by atoms with Gasteiger partial charge in [-0.1, -0.05) is 0 Å². The molecule has 1 spiro atoms. The zero-order valence-electron chi connectivity index (χ0n) is 13.9. The van der Waals surface area contributed by atoms with Gasteiger partial charge in [-0.15, -0.1) is 0 Å². The summed E-state index contributed by atoms with van der Waals surface area (Å²) in [6.07, 6.45) is 2.74. The monoisotopic (exact) mass is 334 g/mol. The third-order valence-corrected chi connectivity index (χ3v) is 4.94. The number of likely N-dealkylation sites (tertiary alicyclic amines) is 1. The molecule has 6 nitrogen and oxygen atoms in total. The van der Waals surface area contributed by atoms with E-state index in [2.05, 4.69) is 0 Å². The normalized spacial score (nSPS) is 26.8. The maximum Gasteiger partial charge on any atom is 0.253 e. The van der Waals surface area contributed by atoms with E-state index in [0.29, 0.717) is 44.8 Å². The summed E-state index contributed by atoms with van der Waals surface area (Å²) in [6.45, 7) is 2.82. The van der Waals surface area contributed by atoms with Gasteiger partial charge in [-0.2, -0.15) is 0 Å². The topological polar surface area (TPSA) is 85.0 Å². The van der Waals surface area contributed by atoms with Crippen molar-refractivity contribution in [1.82, 2.24) is 4.90 Å². The van der Waals surface area contributed by atoms with Crippen molar-refractivity contribution in [3.63, 3.8) is 0 Å². The Hall–Kier alpha value is -1.63. The predicted molar refractivity (Wildman–Crippen MR) is 90.1 cm³/mol. The molecule has 2 aliphatic rings. The van der Waals surface area contributed by atoms with Crippen LogP contribution in [-0.4, -0.2) is 60.5 Å². The molecule has 24 heavy (non-hydrogen) atoms. The van der Waals surface area contributed by atoms with E-state index in [1.54, 1.807) is 29.2 Å². The molecule has 0 bridgehead atoms. The van der Waals surface area contributed by atoms with Crippen LogP contribution in [0.2, 0.25) is 0 Å². The minimum Gasteiger partial charge on any atom is -0.494 e. The van der Waals surface area contributed by atoms with Gasteiger partial charge in [0.15, 0.2) is 0 Å². The Balaban J connectivity index is 1.58. The highest BCUT2D eigenvalue weighted by molar-refractivity contribution is 5.94. The summed E-state index contributed by atoms with van der Waals surface area (Å²) in [5, 5.41) is 10.4. The fourth-order valence-electron chi connectivity index (χ4n) is 3.47. The highest BCUT2D eigenvalue weighted by Gasteiger charge is 2.46. The first-order valence-electron chi connectivity index (χ1n) is 8.69. The largest absolute Gasteiger partial charge is 0.494 e. The van der Waals surface area contributed by atoms with E-state index >= 15 is 0 Å². The Morgan fingerprint density at radius 3 is 2.79 bits per heavy atom. The van der Waals surface area contributed by atoms with Gasteiger partial charge in [-0.05, 0) is 56.5 Å². The number of hydrogen-bond acceptors (Lipinski definition) is 5. The second-order valence-corrected chi connectivity index (χ2v) is 6.55. The van der Waals surface area contributed by atoms with Gasteiger partial charge < -0.3 is 25.2 Å². The first kappa shape index (κ1) is 17.2. The molecule has 1 aromatic carbocycles. The van der Waals surface area contributed by atoms with Crippen molar-refractivity contribution in [2.45, 2.75) is 37.4 Å². The van der Waals surface area contributed by atoms with E-state index in [1.807, 2.05) is 0 Å². The summed E-state index contributed by atoms with van der Waals surface area (Å²) < 4.78 is 11.3. The van der Waals surface area contributed by atoms with Crippen molar-refractivity contribution in [3.8, 4) is 5.75 Å². The summed E-state index contributed by atoms with van der Waals surface area (Å²) >= 11 is 0. The van der Waals surface area contributed by atoms with E-state index in [1.165, 1.54) is 0 Å². The third kappa shape index (κ3) is 3.55. The van der Waals surface area contributed by atoms with Crippen LogP contribution in [0.5, 0.6) is 5.75 Å².